The number of benzene rings is 2. The van der Waals surface area contributed by atoms with Gasteiger partial charge in [-0.05, 0) is 29.3 Å². The van der Waals surface area contributed by atoms with E-state index in [1.165, 1.54) is 0 Å². The number of carbonyl (C=O) groups is 1. The molecule has 0 radical (unpaired) electrons. The zero-order valence-corrected chi connectivity index (χ0v) is 13.8. The average Bonchev–Trinajstić information content (AvgIpc) is 2.61. The predicted molar refractivity (Wildman–Crippen MR) is 90.6 cm³/mol. The Morgan fingerprint density at radius 2 is 1.92 bits per heavy atom. The molecule has 1 aliphatic heterocycles. The molecule has 2 aromatic carbocycles. The van der Waals surface area contributed by atoms with Crippen LogP contribution in [0.4, 0.5) is 0 Å². The summed E-state index contributed by atoms with van der Waals surface area (Å²) in [5.74, 6) is 1.08. The highest BCUT2D eigenvalue weighted by Crippen LogP contribution is 2.32. The van der Waals surface area contributed by atoms with Gasteiger partial charge in [0.2, 0.25) is 5.91 Å². The van der Waals surface area contributed by atoms with E-state index in [4.69, 9.17) is 21.1 Å². The van der Waals surface area contributed by atoms with Crippen molar-refractivity contribution < 1.29 is 19.4 Å². The van der Waals surface area contributed by atoms with E-state index in [1.807, 2.05) is 12.1 Å². The number of nitrogens with one attached hydrogen (secondary N) is 1. The minimum Gasteiger partial charge on any atom is -0.486 e. The highest BCUT2D eigenvalue weighted by molar-refractivity contribution is 6.31. The molecule has 1 aliphatic rings. The van der Waals surface area contributed by atoms with E-state index in [9.17, 15) is 9.90 Å². The minimum atomic E-state index is -0.823. The van der Waals surface area contributed by atoms with Crippen LogP contribution >= 0.6 is 11.6 Å². The number of aliphatic hydroxyl groups excluding tert-OH is 1. The number of carbonyl (C=O) groups excluding carboxylic acids is 1. The fourth-order valence-corrected chi connectivity index (χ4v) is 2.68. The first-order valence-electron chi connectivity index (χ1n) is 7.71. The van der Waals surface area contributed by atoms with Gasteiger partial charge in [-0.1, -0.05) is 35.9 Å². The minimum absolute atomic E-state index is 0.114. The summed E-state index contributed by atoms with van der Waals surface area (Å²) in [6, 6.07) is 12.5. The van der Waals surface area contributed by atoms with Crippen molar-refractivity contribution in [1.82, 2.24) is 5.32 Å². The first-order valence-corrected chi connectivity index (χ1v) is 8.09. The maximum Gasteiger partial charge on any atom is 0.224 e. The van der Waals surface area contributed by atoms with Gasteiger partial charge in [0.15, 0.2) is 11.5 Å². The molecule has 0 saturated carbocycles. The predicted octanol–water partition coefficient (Wildman–Crippen LogP) is 2.50. The van der Waals surface area contributed by atoms with Crippen LogP contribution in [0.1, 0.15) is 17.2 Å². The van der Waals surface area contributed by atoms with Crippen molar-refractivity contribution in [2.45, 2.75) is 12.5 Å². The van der Waals surface area contributed by atoms with Gasteiger partial charge in [-0.3, -0.25) is 4.79 Å². The number of hydrogen-bond donors (Lipinski definition) is 2. The third-order valence-electron chi connectivity index (χ3n) is 3.75. The first kappa shape index (κ1) is 16.6. The summed E-state index contributed by atoms with van der Waals surface area (Å²) in [5, 5.41) is 13.5. The van der Waals surface area contributed by atoms with Gasteiger partial charge in [-0.25, -0.2) is 0 Å². The molecule has 5 nitrogen and oxygen atoms in total. The lowest BCUT2D eigenvalue weighted by Gasteiger charge is -2.20. The molecular formula is C18H18ClNO4. The molecule has 0 aliphatic carbocycles. The Bertz CT molecular complexity index is 735. The Morgan fingerprint density at radius 1 is 1.17 bits per heavy atom. The maximum atomic E-state index is 12.0. The van der Waals surface area contributed by atoms with Crippen LogP contribution < -0.4 is 14.8 Å². The van der Waals surface area contributed by atoms with Gasteiger partial charge < -0.3 is 19.9 Å². The van der Waals surface area contributed by atoms with Gasteiger partial charge in [0.1, 0.15) is 13.2 Å². The van der Waals surface area contributed by atoms with Crippen LogP contribution in [0, 0.1) is 0 Å². The first-order chi connectivity index (χ1) is 11.6. The summed E-state index contributed by atoms with van der Waals surface area (Å²) in [6.07, 6.45) is -0.649. The SMILES string of the molecule is O=C(Cc1ccccc1Cl)NC[C@@H](O)c1ccc2c(c1)OCCO2. The van der Waals surface area contributed by atoms with Crippen molar-refractivity contribution in [1.29, 1.82) is 0 Å². The molecule has 3 rings (SSSR count). The molecular weight excluding hydrogens is 330 g/mol. The second kappa shape index (κ2) is 7.55. The molecule has 0 bridgehead atoms. The summed E-state index contributed by atoms with van der Waals surface area (Å²) in [7, 11) is 0. The molecule has 6 heteroatoms. The topological polar surface area (TPSA) is 67.8 Å². The third kappa shape index (κ3) is 3.99. The second-order valence-electron chi connectivity index (χ2n) is 5.49. The van der Waals surface area contributed by atoms with Gasteiger partial charge >= 0.3 is 0 Å². The number of aliphatic hydroxyl groups is 1. The lowest BCUT2D eigenvalue weighted by Crippen LogP contribution is -2.29. The van der Waals surface area contributed by atoms with E-state index >= 15 is 0 Å². The zero-order valence-electron chi connectivity index (χ0n) is 13.0. The average molecular weight is 348 g/mol. The van der Waals surface area contributed by atoms with Crippen molar-refractivity contribution in [3.05, 3.63) is 58.6 Å². The van der Waals surface area contributed by atoms with Crippen LogP contribution in [-0.4, -0.2) is 30.8 Å². The Hall–Kier alpha value is -2.24. The fourth-order valence-electron chi connectivity index (χ4n) is 2.47. The Labute approximate surface area is 145 Å². The third-order valence-corrected chi connectivity index (χ3v) is 4.12. The normalized spacial score (nSPS) is 14.1. The number of rotatable bonds is 5. The maximum absolute atomic E-state index is 12.0. The Morgan fingerprint density at radius 3 is 2.71 bits per heavy atom. The zero-order chi connectivity index (χ0) is 16.9. The fraction of sp³-hybridized carbons (Fsp3) is 0.278. The Kier molecular flexibility index (Phi) is 5.23. The molecule has 0 spiro atoms. The van der Waals surface area contributed by atoms with Crippen molar-refractivity contribution in [2.24, 2.45) is 0 Å². The van der Waals surface area contributed by atoms with Crippen LogP contribution in [0.5, 0.6) is 11.5 Å². The van der Waals surface area contributed by atoms with Crippen molar-refractivity contribution in [3.63, 3.8) is 0 Å². The molecule has 24 heavy (non-hydrogen) atoms. The molecule has 0 aromatic heterocycles. The monoisotopic (exact) mass is 347 g/mol. The molecule has 1 heterocycles. The summed E-state index contributed by atoms with van der Waals surface area (Å²) in [5.41, 5.74) is 1.42. The summed E-state index contributed by atoms with van der Waals surface area (Å²) in [6.45, 7) is 1.12. The van der Waals surface area contributed by atoms with Crippen LogP contribution in [0.3, 0.4) is 0 Å². The summed E-state index contributed by atoms with van der Waals surface area (Å²) >= 11 is 6.04. The van der Waals surface area contributed by atoms with Gasteiger partial charge in [-0.2, -0.15) is 0 Å². The van der Waals surface area contributed by atoms with Crippen LogP contribution in [0.25, 0.3) is 0 Å². The largest absolute Gasteiger partial charge is 0.486 e. The van der Waals surface area contributed by atoms with Crippen LogP contribution in [-0.2, 0) is 11.2 Å². The van der Waals surface area contributed by atoms with Gasteiger partial charge in [0, 0.05) is 11.6 Å². The molecule has 0 fully saturated rings. The van der Waals surface area contributed by atoms with E-state index in [0.717, 1.165) is 5.56 Å². The van der Waals surface area contributed by atoms with Crippen molar-refractivity contribution >= 4 is 17.5 Å². The number of amides is 1. The second-order valence-corrected chi connectivity index (χ2v) is 5.90. The van der Waals surface area contributed by atoms with Crippen LogP contribution in [0.15, 0.2) is 42.5 Å². The lowest BCUT2D eigenvalue weighted by molar-refractivity contribution is -0.120. The molecule has 2 aromatic rings. The number of halogens is 1. The number of fused-ring (bicyclic) bond motifs is 1. The molecule has 2 N–H and O–H groups in total. The molecule has 0 saturated heterocycles. The quantitative estimate of drug-likeness (QED) is 0.872. The van der Waals surface area contributed by atoms with Crippen LogP contribution in [0.2, 0.25) is 5.02 Å². The number of ether oxygens (including phenoxy) is 2. The van der Waals surface area contributed by atoms with E-state index in [-0.39, 0.29) is 18.9 Å². The smallest absolute Gasteiger partial charge is 0.224 e. The van der Waals surface area contributed by atoms with Gasteiger partial charge in [0.25, 0.3) is 0 Å². The highest BCUT2D eigenvalue weighted by Gasteiger charge is 2.16. The Balaban J connectivity index is 1.56. The molecule has 1 atom stereocenters. The lowest BCUT2D eigenvalue weighted by atomic mass is 10.1. The van der Waals surface area contributed by atoms with Gasteiger partial charge in [-0.15, -0.1) is 0 Å². The highest BCUT2D eigenvalue weighted by atomic mass is 35.5. The van der Waals surface area contributed by atoms with E-state index in [1.54, 1.807) is 30.3 Å². The van der Waals surface area contributed by atoms with E-state index < -0.39 is 6.10 Å². The number of hydrogen-bond acceptors (Lipinski definition) is 4. The summed E-state index contributed by atoms with van der Waals surface area (Å²) < 4.78 is 10.9. The van der Waals surface area contributed by atoms with E-state index in [2.05, 4.69) is 5.32 Å². The van der Waals surface area contributed by atoms with Crippen molar-refractivity contribution in [2.75, 3.05) is 19.8 Å². The van der Waals surface area contributed by atoms with Gasteiger partial charge in [0.05, 0.1) is 12.5 Å². The summed E-state index contributed by atoms with van der Waals surface area (Å²) in [4.78, 5) is 12.0. The van der Waals surface area contributed by atoms with Crippen molar-refractivity contribution in [3.8, 4) is 11.5 Å². The molecule has 0 unspecified atom stereocenters. The standard InChI is InChI=1S/C18H18ClNO4/c19-14-4-2-1-3-12(14)10-18(22)20-11-15(21)13-5-6-16-17(9-13)24-8-7-23-16/h1-6,9,15,21H,7-8,10-11H2,(H,20,22)/t15-/m1/s1. The van der Waals surface area contributed by atoms with E-state index in [0.29, 0.717) is 35.3 Å². The molecule has 1 amide bonds. The molecule has 126 valence electrons.